The van der Waals surface area contributed by atoms with Gasteiger partial charge in [-0.1, -0.05) is 24.6 Å². The van der Waals surface area contributed by atoms with Crippen LogP contribution in [0.4, 0.5) is 5.69 Å². The van der Waals surface area contributed by atoms with Gasteiger partial charge in [-0.05, 0) is 37.3 Å². The molecule has 2 heterocycles. The van der Waals surface area contributed by atoms with E-state index >= 15 is 0 Å². The molecule has 0 bridgehead atoms. The van der Waals surface area contributed by atoms with Crippen LogP contribution in [-0.2, 0) is 6.54 Å². The predicted molar refractivity (Wildman–Crippen MR) is 99.3 cm³/mol. The van der Waals surface area contributed by atoms with Gasteiger partial charge in [0.25, 0.3) is 0 Å². The first-order valence-corrected chi connectivity index (χ1v) is 8.71. The van der Waals surface area contributed by atoms with Crippen LogP contribution in [-0.4, -0.2) is 27.1 Å². The lowest BCUT2D eigenvalue weighted by Gasteiger charge is -2.46. The number of benzene rings is 1. The second kappa shape index (κ2) is 6.23. The first kappa shape index (κ1) is 15.7. The van der Waals surface area contributed by atoms with Crippen molar-refractivity contribution in [2.24, 2.45) is 21.5 Å². The fourth-order valence-corrected chi connectivity index (χ4v) is 3.91. The van der Waals surface area contributed by atoms with Crippen LogP contribution in [0, 0.1) is 0 Å². The minimum absolute atomic E-state index is 0.280. The van der Waals surface area contributed by atoms with Crippen LogP contribution in [0.2, 0.25) is 0 Å². The van der Waals surface area contributed by atoms with Gasteiger partial charge in [0.15, 0.2) is 0 Å². The van der Waals surface area contributed by atoms with Crippen LogP contribution in [0.25, 0.3) is 0 Å². The van der Waals surface area contributed by atoms with E-state index in [0.717, 1.165) is 43.5 Å². The monoisotopic (exact) mass is 337 g/mol. The van der Waals surface area contributed by atoms with Crippen molar-refractivity contribution in [2.45, 2.75) is 44.3 Å². The molecule has 0 unspecified atom stereocenters. The van der Waals surface area contributed by atoms with Crippen molar-refractivity contribution in [3.05, 3.63) is 48.5 Å². The Labute approximate surface area is 147 Å². The number of guanidine groups is 2. The van der Waals surface area contributed by atoms with Gasteiger partial charge in [0.1, 0.15) is 5.66 Å². The summed E-state index contributed by atoms with van der Waals surface area (Å²) in [4.78, 5) is 15.2. The summed E-state index contributed by atoms with van der Waals surface area (Å²) >= 11 is 0. The Bertz CT molecular complexity index is 801. The van der Waals surface area contributed by atoms with Crippen molar-refractivity contribution in [3.63, 3.8) is 0 Å². The number of rotatable bonds is 3. The summed E-state index contributed by atoms with van der Waals surface area (Å²) in [6, 6.07) is 8.26. The molecule has 4 rings (SSSR count). The standard InChI is InChI=1S/C18H23N7/c19-16-22-17(20)25(18(23-16)8-4-1-5-9-18)15-7-3-2-6-14(15)12-24-11-10-21-13-24/h2-3,6-7,10-11,13H,1,4-5,8-9,12H2,(H4,19,20,22,23). The number of anilines is 1. The number of hydrogen-bond donors (Lipinski definition) is 2. The van der Waals surface area contributed by atoms with Crippen molar-refractivity contribution in [1.29, 1.82) is 0 Å². The molecule has 130 valence electrons. The molecule has 1 aliphatic carbocycles. The van der Waals surface area contributed by atoms with Crippen molar-refractivity contribution in [2.75, 3.05) is 4.90 Å². The van der Waals surface area contributed by atoms with Crippen LogP contribution in [0.5, 0.6) is 0 Å². The molecule has 2 aromatic rings. The van der Waals surface area contributed by atoms with E-state index in [1.165, 1.54) is 6.42 Å². The molecule has 0 amide bonds. The zero-order valence-corrected chi connectivity index (χ0v) is 14.2. The predicted octanol–water partition coefficient (Wildman–Crippen LogP) is 2.04. The van der Waals surface area contributed by atoms with Crippen LogP contribution in [0.3, 0.4) is 0 Å². The van der Waals surface area contributed by atoms with Gasteiger partial charge >= 0.3 is 0 Å². The molecule has 7 heteroatoms. The number of aromatic nitrogens is 2. The van der Waals surface area contributed by atoms with Crippen LogP contribution < -0.4 is 16.4 Å². The Morgan fingerprint density at radius 2 is 1.88 bits per heavy atom. The first-order chi connectivity index (χ1) is 12.2. The average molecular weight is 337 g/mol. The molecule has 0 atom stereocenters. The highest BCUT2D eigenvalue weighted by Gasteiger charge is 2.43. The fourth-order valence-electron chi connectivity index (χ4n) is 3.91. The minimum atomic E-state index is -0.417. The Morgan fingerprint density at radius 3 is 2.64 bits per heavy atom. The Morgan fingerprint density at radius 1 is 1.08 bits per heavy atom. The smallest absolute Gasteiger partial charge is 0.220 e. The van der Waals surface area contributed by atoms with E-state index in [-0.39, 0.29) is 5.96 Å². The molecule has 7 nitrogen and oxygen atoms in total. The largest absolute Gasteiger partial charge is 0.369 e. The van der Waals surface area contributed by atoms with Crippen LogP contribution in [0.1, 0.15) is 37.7 Å². The number of hydrogen-bond acceptors (Lipinski definition) is 6. The molecular weight excluding hydrogens is 314 g/mol. The summed E-state index contributed by atoms with van der Waals surface area (Å²) in [5.74, 6) is 0.704. The van der Waals surface area contributed by atoms with Gasteiger partial charge in [-0.2, -0.15) is 4.99 Å². The molecule has 1 aromatic heterocycles. The molecule has 4 N–H and O–H groups in total. The third-order valence-corrected chi connectivity index (χ3v) is 5.00. The molecule has 2 aliphatic rings. The maximum atomic E-state index is 6.35. The van der Waals surface area contributed by atoms with Crippen molar-refractivity contribution < 1.29 is 0 Å². The molecule has 1 saturated carbocycles. The summed E-state index contributed by atoms with van der Waals surface area (Å²) in [5, 5.41) is 0. The first-order valence-electron chi connectivity index (χ1n) is 8.71. The summed E-state index contributed by atoms with van der Waals surface area (Å²) < 4.78 is 2.04. The van der Waals surface area contributed by atoms with Gasteiger partial charge in [-0.3, -0.25) is 4.90 Å². The number of nitrogens with zero attached hydrogens (tertiary/aromatic N) is 5. The van der Waals surface area contributed by atoms with E-state index in [1.54, 1.807) is 6.20 Å². The normalized spacial score (nSPS) is 19.6. The molecule has 0 saturated heterocycles. The second-order valence-electron chi connectivity index (χ2n) is 6.68. The highest BCUT2D eigenvalue weighted by atomic mass is 15.4. The van der Waals surface area contributed by atoms with Crippen molar-refractivity contribution >= 4 is 17.6 Å². The quantitative estimate of drug-likeness (QED) is 0.895. The van der Waals surface area contributed by atoms with E-state index in [0.29, 0.717) is 5.96 Å². The third-order valence-electron chi connectivity index (χ3n) is 5.00. The second-order valence-corrected chi connectivity index (χ2v) is 6.68. The Balaban J connectivity index is 1.78. The maximum absolute atomic E-state index is 6.35. The lowest BCUT2D eigenvalue weighted by atomic mass is 9.87. The Hall–Kier alpha value is -2.83. The molecule has 1 spiro atoms. The van der Waals surface area contributed by atoms with Crippen LogP contribution in [0.15, 0.2) is 53.0 Å². The van der Waals surface area contributed by atoms with E-state index in [1.807, 2.05) is 29.2 Å². The lowest BCUT2D eigenvalue weighted by molar-refractivity contribution is 0.305. The molecule has 1 fully saturated rings. The zero-order chi connectivity index (χ0) is 17.3. The van der Waals surface area contributed by atoms with Gasteiger partial charge in [-0.15, -0.1) is 0 Å². The van der Waals surface area contributed by atoms with E-state index < -0.39 is 5.66 Å². The Kier molecular flexibility index (Phi) is 3.91. The molecule has 0 radical (unpaired) electrons. The van der Waals surface area contributed by atoms with E-state index in [2.05, 4.69) is 27.0 Å². The average Bonchev–Trinajstić information content (AvgIpc) is 3.09. The topological polar surface area (TPSA) is 97.8 Å². The lowest BCUT2D eigenvalue weighted by Crippen LogP contribution is -2.58. The zero-order valence-electron chi connectivity index (χ0n) is 14.2. The van der Waals surface area contributed by atoms with Gasteiger partial charge in [0, 0.05) is 12.4 Å². The summed E-state index contributed by atoms with van der Waals surface area (Å²) in [6.07, 6.45) is 10.9. The van der Waals surface area contributed by atoms with Gasteiger partial charge in [0.2, 0.25) is 11.9 Å². The molecule has 1 aromatic carbocycles. The molecule has 25 heavy (non-hydrogen) atoms. The minimum Gasteiger partial charge on any atom is -0.369 e. The SMILES string of the molecule is NC1=NC2(CCCCC2)N(c2ccccc2Cn2ccnc2)C(N)=N1. The van der Waals surface area contributed by atoms with E-state index in [4.69, 9.17) is 16.5 Å². The van der Waals surface area contributed by atoms with Gasteiger partial charge in [-0.25, -0.2) is 9.98 Å². The highest BCUT2D eigenvalue weighted by molar-refractivity contribution is 6.06. The summed E-state index contributed by atoms with van der Waals surface area (Å²) in [6.45, 7) is 0.717. The highest BCUT2D eigenvalue weighted by Crippen LogP contribution is 2.40. The molecule has 1 aliphatic heterocycles. The van der Waals surface area contributed by atoms with E-state index in [9.17, 15) is 0 Å². The number of para-hydroxylation sites is 1. The van der Waals surface area contributed by atoms with Crippen molar-refractivity contribution in [3.8, 4) is 0 Å². The third kappa shape index (κ3) is 2.86. The summed E-state index contributed by atoms with van der Waals surface area (Å²) in [5.41, 5.74) is 14.1. The number of imidazole rings is 1. The van der Waals surface area contributed by atoms with Crippen molar-refractivity contribution in [1.82, 2.24) is 9.55 Å². The summed E-state index contributed by atoms with van der Waals surface area (Å²) in [7, 11) is 0. The maximum Gasteiger partial charge on any atom is 0.220 e. The number of nitrogens with two attached hydrogens (primary N) is 2. The van der Waals surface area contributed by atoms with Crippen LogP contribution >= 0.6 is 0 Å². The van der Waals surface area contributed by atoms with Gasteiger partial charge < -0.3 is 16.0 Å². The fraction of sp³-hybridized carbons (Fsp3) is 0.389. The number of aliphatic imine (C=N–C) groups is 2. The van der Waals surface area contributed by atoms with Gasteiger partial charge in [0.05, 0.1) is 18.6 Å². The molecular formula is C18H23N7.